The molecule has 1 rings (SSSR count). The Kier molecular flexibility index (Phi) is 6.22. The molecule has 1 unspecified atom stereocenters. The van der Waals surface area contributed by atoms with Gasteiger partial charge in [-0.25, -0.2) is 13.1 Å². The monoisotopic (exact) mass is 344 g/mol. The van der Waals surface area contributed by atoms with Crippen LogP contribution in [0.1, 0.15) is 25.8 Å². The maximum atomic E-state index is 12.3. The number of nitro groups is 1. The molecular formula is C14H20N2O6S. The molecule has 0 spiro atoms. The third kappa shape index (κ3) is 5.00. The van der Waals surface area contributed by atoms with E-state index in [1.807, 2.05) is 13.8 Å². The minimum Gasteiger partial charge on any atom is -0.481 e. The smallest absolute Gasteiger partial charge is 0.307 e. The molecule has 0 aliphatic carbocycles. The topological polar surface area (TPSA) is 127 Å². The molecular weight excluding hydrogens is 324 g/mol. The van der Waals surface area contributed by atoms with Crippen LogP contribution in [0.25, 0.3) is 0 Å². The van der Waals surface area contributed by atoms with E-state index < -0.39 is 26.8 Å². The molecule has 9 heteroatoms. The van der Waals surface area contributed by atoms with Crippen molar-refractivity contribution in [3.05, 3.63) is 33.9 Å². The molecule has 1 aromatic rings. The minimum atomic E-state index is -4.03. The van der Waals surface area contributed by atoms with Crippen LogP contribution in [0.5, 0.6) is 0 Å². The molecule has 0 saturated carbocycles. The first-order chi connectivity index (χ1) is 10.6. The SMILES string of the molecule is Cc1c([N+](=O)[O-])cccc1S(=O)(=O)NCC(CC(C)C)C(=O)O. The molecule has 0 aromatic heterocycles. The van der Waals surface area contributed by atoms with Crippen molar-refractivity contribution in [2.24, 2.45) is 11.8 Å². The number of rotatable bonds is 8. The molecule has 0 fully saturated rings. The first-order valence-corrected chi connectivity index (χ1v) is 8.51. The van der Waals surface area contributed by atoms with Crippen molar-refractivity contribution in [1.82, 2.24) is 4.72 Å². The second kappa shape index (κ2) is 7.51. The molecule has 0 bridgehead atoms. The van der Waals surface area contributed by atoms with Crippen LogP contribution >= 0.6 is 0 Å². The predicted octanol–water partition coefficient (Wildman–Crippen LogP) is 1.93. The molecule has 0 radical (unpaired) electrons. The average Bonchev–Trinajstić information content (AvgIpc) is 2.42. The first-order valence-electron chi connectivity index (χ1n) is 7.02. The van der Waals surface area contributed by atoms with Gasteiger partial charge in [0.05, 0.1) is 15.7 Å². The van der Waals surface area contributed by atoms with E-state index >= 15 is 0 Å². The van der Waals surface area contributed by atoms with E-state index in [-0.39, 0.29) is 28.6 Å². The Morgan fingerprint density at radius 3 is 2.48 bits per heavy atom. The maximum Gasteiger partial charge on any atom is 0.307 e. The summed E-state index contributed by atoms with van der Waals surface area (Å²) in [5, 5.41) is 20.0. The average molecular weight is 344 g/mol. The zero-order valence-electron chi connectivity index (χ0n) is 13.1. The summed E-state index contributed by atoms with van der Waals surface area (Å²) in [6, 6.07) is 3.75. The second-order valence-corrected chi connectivity index (χ2v) is 7.41. The molecule has 2 N–H and O–H groups in total. The van der Waals surface area contributed by atoms with Gasteiger partial charge in [0.1, 0.15) is 0 Å². The molecule has 23 heavy (non-hydrogen) atoms. The molecule has 1 aromatic carbocycles. The predicted molar refractivity (Wildman–Crippen MR) is 83.6 cm³/mol. The van der Waals surface area contributed by atoms with Crippen molar-refractivity contribution in [2.75, 3.05) is 6.54 Å². The highest BCUT2D eigenvalue weighted by Gasteiger charge is 2.26. The number of sulfonamides is 1. The summed E-state index contributed by atoms with van der Waals surface area (Å²) in [5.74, 6) is -1.85. The van der Waals surface area contributed by atoms with Gasteiger partial charge < -0.3 is 5.11 Å². The highest BCUT2D eigenvalue weighted by molar-refractivity contribution is 7.89. The largest absolute Gasteiger partial charge is 0.481 e. The van der Waals surface area contributed by atoms with Gasteiger partial charge in [0, 0.05) is 18.2 Å². The van der Waals surface area contributed by atoms with Gasteiger partial charge in [0.2, 0.25) is 10.0 Å². The van der Waals surface area contributed by atoms with Gasteiger partial charge in [-0.1, -0.05) is 19.9 Å². The number of nitrogens with zero attached hydrogens (tertiary/aromatic N) is 1. The molecule has 8 nitrogen and oxygen atoms in total. The van der Waals surface area contributed by atoms with Gasteiger partial charge in [-0.2, -0.15) is 0 Å². The van der Waals surface area contributed by atoms with Crippen LogP contribution in [0.3, 0.4) is 0 Å². The van der Waals surface area contributed by atoms with Gasteiger partial charge in [-0.15, -0.1) is 0 Å². The lowest BCUT2D eigenvalue weighted by atomic mass is 9.98. The fourth-order valence-electron chi connectivity index (χ4n) is 2.22. The first kappa shape index (κ1) is 19.0. The summed E-state index contributed by atoms with van der Waals surface area (Å²) in [7, 11) is -4.03. The van der Waals surface area contributed by atoms with Crippen LogP contribution in [0, 0.1) is 28.9 Å². The Morgan fingerprint density at radius 1 is 1.39 bits per heavy atom. The summed E-state index contributed by atoms with van der Waals surface area (Å²) in [5.41, 5.74) is -0.287. The fraction of sp³-hybridized carbons (Fsp3) is 0.500. The Labute approximate surface area is 134 Å². The van der Waals surface area contributed by atoms with Gasteiger partial charge in [0.15, 0.2) is 0 Å². The number of nitrogens with one attached hydrogen (secondary N) is 1. The van der Waals surface area contributed by atoms with E-state index in [4.69, 9.17) is 5.11 Å². The van der Waals surface area contributed by atoms with Crippen molar-refractivity contribution in [1.29, 1.82) is 0 Å². The van der Waals surface area contributed by atoms with Gasteiger partial charge in [0.25, 0.3) is 5.69 Å². The Bertz CT molecular complexity index is 699. The number of carboxylic acids is 1. The van der Waals surface area contributed by atoms with E-state index in [1.54, 1.807) is 0 Å². The van der Waals surface area contributed by atoms with Crippen molar-refractivity contribution >= 4 is 21.7 Å². The van der Waals surface area contributed by atoms with E-state index in [0.717, 1.165) is 0 Å². The summed E-state index contributed by atoms with van der Waals surface area (Å²) < 4.78 is 26.9. The number of hydrogen-bond acceptors (Lipinski definition) is 5. The summed E-state index contributed by atoms with van der Waals surface area (Å²) in [6.07, 6.45) is 0.325. The normalized spacial score (nSPS) is 13.0. The van der Waals surface area contributed by atoms with Crippen LogP contribution in [0.4, 0.5) is 5.69 Å². The highest BCUT2D eigenvalue weighted by Crippen LogP contribution is 2.24. The minimum absolute atomic E-state index is 0.0146. The molecule has 1 atom stereocenters. The van der Waals surface area contributed by atoms with E-state index in [1.165, 1.54) is 25.1 Å². The number of carboxylic acid groups (broad SMARTS) is 1. The van der Waals surface area contributed by atoms with Crippen molar-refractivity contribution < 1.29 is 23.2 Å². The lowest BCUT2D eigenvalue weighted by molar-refractivity contribution is -0.385. The molecule has 0 amide bonds. The number of hydrogen-bond donors (Lipinski definition) is 2. The highest BCUT2D eigenvalue weighted by atomic mass is 32.2. The Hall–Kier alpha value is -2.00. The second-order valence-electron chi connectivity index (χ2n) is 5.67. The molecule has 0 aliphatic rings. The summed E-state index contributed by atoms with van der Waals surface area (Å²) in [6.45, 7) is 4.76. The number of carbonyl (C=O) groups is 1. The zero-order chi connectivity index (χ0) is 17.8. The van der Waals surface area contributed by atoms with Crippen LogP contribution in [-0.4, -0.2) is 31.0 Å². The lowest BCUT2D eigenvalue weighted by Gasteiger charge is -2.16. The van der Waals surface area contributed by atoms with E-state index in [2.05, 4.69) is 4.72 Å². The van der Waals surface area contributed by atoms with Crippen LogP contribution in [-0.2, 0) is 14.8 Å². The third-order valence-electron chi connectivity index (χ3n) is 3.37. The fourth-order valence-corrected chi connectivity index (χ4v) is 3.56. The quantitative estimate of drug-likeness (QED) is 0.548. The Morgan fingerprint density at radius 2 is 2.00 bits per heavy atom. The zero-order valence-corrected chi connectivity index (χ0v) is 14.0. The van der Waals surface area contributed by atoms with Crippen molar-refractivity contribution in [3.8, 4) is 0 Å². The van der Waals surface area contributed by atoms with Crippen LogP contribution in [0.15, 0.2) is 23.1 Å². The van der Waals surface area contributed by atoms with Crippen LogP contribution in [0.2, 0.25) is 0 Å². The standard InChI is InChI=1S/C14H20N2O6S/c1-9(2)7-11(14(17)18)8-15-23(21,22)13-6-4-5-12(10(13)3)16(19)20/h4-6,9,11,15H,7-8H2,1-3H3,(H,17,18). The number of aliphatic carboxylic acids is 1. The number of nitro benzene ring substituents is 1. The van der Waals surface area contributed by atoms with Crippen molar-refractivity contribution in [2.45, 2.75) is 32.1 Å². The van der Waals surface area contributed by atoms with Gasteiger partial charge in [-0.05, 0) is 25.3 Å². The number of benzene rings is 1. The molecule has 128 valence electrons. The summed E-state index contributed by atoms with van der Waals surface area (Å²) in [4.78, 5) is 21.2. The summed E-state index contributed by atoms with van der Waals surface area (Å²) >= 11 is 0. The van der Waals surface area contributed by atoms with Crippen molar-refractivity contribution in [3.63, 3.8) is 0 Å². The lowest BCUT2D eigenvalue weighted by Crippen LogP contribution is -2.34. The van der Waals surface area contributed by atoms with Gasteiger partial charge >= 0.3 is 5.97 Å². The molecule has 0 aliphatic heterocycles. The molecule has 0 saturated heterocycles. The van der Waals surface area contributed by atoms with Crippen LogP contribution < -0.4 is 4.72 Å². The van der Waals surface area contributed by atoms with E-state index in [9.17, 15) is 23.3 Å². The molecule has 0 heterocycles. The van der Waals surface area contributed by atoms with E-state index in [0.29, 0.717) is 6.42 Å². The maximum absolute atomic E-state index is 12.3. The third-order valence-corrected chi connectivity index (χ3v) is 4.93. The van der Waals surface area contributed by atoms with Gasteiger partial charge in [-0.3, -0.25) is 14.9 Å². The Balaban J connectivity index is 3.02.